The Kier molecular flexibility index (Phi) is 4.84. The fraction of sp³-hybridized carbons (Fsp3) is 0.167. The molecule has 1 aromatic carbocycles. The molecule has 28 heavy (non-hydrogen) atoms. The van der Waals surface area contributed by atoms with Crippen LogP contribution in [0, 0.1) is 0 Å². The fourth-order valence-corrected chi connectivity index (χ4v) is 2.68. The van der Waals surface area contributed by atoms with Crippen molar-refractivity contribution in [1.82, 2.24) is 9.97 Å². The molecule has 2 heterocycles. The van der Waals surface area contributed by atoms with Crippen molar-refractivity contribution in [2.45, 2.75) is 18.5 Å². The average molecular weight is 400 g/mol. The number of benzene rings is 1. The van der Waals surface area contributed by atoms with Gasteiger partial charge in [-0.2, -0.15) is 26.3 Å². The molecule has 3 rings (SSSR count). The number of rotatable bonds is 3. The summed E-state index contributed by atoms with van der Waals surface area (Å²) in [5.74, 6) is 0. The van der Waals surface area contributed by atoms with E-state index in [1.165, 1.54) is 12.1 Å². The predicted octanol–water partition coefficient (Wildman–Crippen LogP) is 4.56. The molecule has 0 saturated carbocycles. The topological polar surface area (TPSA) is 63.1 Å². The number of aliphatic hydroxyl groups is 1. The number of hydrogen-bond acceptors (Lipinski definition) is 4. The Morgan fingerprint density at radius 3 is 2.25 bits per heavy atom. The van der Waals surface area contributed by atoms with E-state index in [0.29, 0.717) is 18.4 Å². The van der Waals surface area contributed by atoms with Crippen LogP contribution in [0.5, 0.6) is 0 Å². The summed E-state index contributed by atoms with van der Waals surface area (Å²) in [5.41, 5.74) is -4.27. The van der Waals surface area contributed by atoms with Crippen molar-refractivity contribution in [1.29, 1.82) is 0 Å². The number of alkyl halides is 6. The maximum absolute atomic E-state index is 13.3. The number of nitrogens with zero attached hydrogens (tertiary/aromatic N) is 2. The van der Waals surface area contributed by atoms with Gasteiger partial charge in [0.15, 0.2) is 6.29 Å². The number of aliphatic hydroxyl groups excluding tert-OH is 1. The van der Waals surface area contributed by atoms with E-state index in [9.17, 15) is 36.2 Å². The largest absolute Gasteiger partial charge is 0.433 e. The first kappa shape index (κ1) is 19.7. The zero-order chi connectivity index (χ0) is 20.7. The normalized spacial score (nSPS) is 13.5. The molecular formula is C18H10F6N2O2. The van der Waals surface area contributed by atoms with E-state index in [2.05, 4.69) is 9.97 Å². The van der Waals surface area contributed by atoms with Gasteiger partial charge in [-0.1, -0.05) is 12.1 Å². The van der Waals surface area contributed by atoms with Gasteiger partial charge in [0.25, 0.3) is 0 Å². The number of aldehydes is 1. The van der Waals surface area contributed by atoms with Crippen LogP contribution in [0.15, 0.2) is 42.6 Å². The van der Waals surface area contributed by atoms with E-state index in [-0.39, 0.29) is 16.6 Å². The molecule has 3 aromatic rings. The second kappa shape index (κ2) is 6.86. The molecule has 0 amide bonds. The van der Waals surface area contributed by atoms with Gasteiger partial charge in [0.2, 0.25) is 0 Å². The molecule has 0 bridgehead atoms. The fourth-order valence-electron chi connectivity index (χ4n) is 2.68. The summed E-state index contributed by atoms with van der Waals surface area (Å²) in [6, 6.07) is 5.72. The number of aromatic nitrogens is 2. The van der Waals surface area contributed by atoms with Gasteiger partial charge in [0.1, 0.15) is 11.8 Å². The number of carbonyl (C=O) groups is 1. The lowest BCUT2D eigenvalue weighted by Crippen LogP contribution is -2.14. The molecule has 1 atom stereocenters. The highest BCUT2D eigenvalue weighted by Gasteiger charge is 2.38. The lowest BCUT2D eigenvalue weighted by molar-refractivity contribution is -0.142. The van der Waals surface area contributed by atoms with E-state index in [1.54, 1.807) is 0 Å². The van der Waals surface area contributed by atoms with Gasteiger partial charge in [-0.25, -0.2) is 4.98 Å². The minimum atomic E-state index is -5.03. The van der Waals surface area contributed by atoms with Gasteiger partial charge in [0.05, 0.1) is 16.8 Å². The van der Waals surface area contributed by atoms with Crippen LogP contribution in [-0.2, 0) is 12.4 Å². The first-order valence-electron chi connectivity index (χ1n) is 7.69. The molecule has 4 nitrogen and oxygen atoms in total. The standard InChI is InChI=1S/C18H10F6N2O2/c19-17(20,21)12-3-1-2-10-11(6-14(18(22,23)24)26-15(10)12)16(28)13-5-4-9(8-27)7-25-13/h1-8,16,28H. The summed E-state index contributed by atoms with van der Waals surface area (Å²) in [6.45, 7) is 0. The summed E-state index contributed by atoms with van der Waals surface area (Å²) < 4.78 is 79.4. The second-order valence-corrected chi connectivity index (χ2v) is 5.83. The highest BCUT2D eigenvalue weighted by molar-refractivity contribution is 5.86. The third-order valence-electron chi connectivity index (χ3n) is 3.99. The number of para-hydroxylation sites is 1. The van der Waals surface area contributed by atoms with Crippen molar-refractivity contribution >= 4 is 17.2 Å². The highest BCUT2D eigenvalue weighted by Crippen LogP contribution is 2.39. The minimum Gasteiger partial charge on any atom is -0.382 e. The summed E-state index contributed by atoms with van der Waals surface area (Å²) in [4.78, 5) is 17.6. The molecular weight excluding hydrogens is 390 g/mol. The van der Waals surface area contributed by atoms with E-state index < -0.39 is 40.8 Å². The van der Waals surface area contributed by atoms with Crippen molar-refractivity contribution in [3.05, 3.63) is 70.7 Å². The van der Waals surface area contributed by atoms with Gasteiger partial charge in [-0.3, -0.25) is 9.78 Å². The van der Waals surface area contributed by atoms with Crippen molar-refractivity contribution in [2.24, 2.45) is 0 Å². The van der Waals surface area contributed by atoms with Crippen LogP contribution in [0.25, 0.3) is 10.9 Å². The third-order valence-corrected chi connectivity index (χ3v) is 3.99. The highest BCUT2D eigenvalue weighted by atomic mass is 19.4. The molecule has 0 spiro atoms. The minimum absolute atomic E-state index is 0.136. The Bertz CT molecular complexity index is 1030. The van der Waals surface area contributed by atoms with Gasteiger partial charge >= 0.3 is 12.4 Å². The first-order chi connectivity index (χ1) is 13.0. The van der Waals surface area contributed by atoms with E-state index in [4.69, 9.17) is 0 Å². The predicted molar refractivity (Wildman–Crippen MR) is 85.4 cm³/mol. The molecule has 0 radical (unpaired) electrons. The van der Waals surface area contributed by atoms with Crippen LogP contribution in [0.1, 0.15) is 39.0 Å². The van der Waals surface area contributed by atoms with Gasteiger partial charge in [0, 0.05) is 17.1 Å². The Morgan fingerprint density at radius 1 is 1.00 bits per heavy atom. The van der Waals surface area contributed by atoms with Crippen LogP contribution in [0.2, 0.25) is 0 Å². The first-order valence-corrected chi connectivity index (χ1v) is 7.69. The number of pyridine rings is 2. The second-order valence-electron chi connectivity index (χ2n) is 5.83. The molecule has 0 aliphatic heterocycles. The maximum atomic E-state index is 13.3. The van der Waals surface area contributed by atoms with Gasteiger partial charge in [-0.15, -0.1) is 0 Å². The number of carbonyl (C=O) groups excluding carboxylic acids is 1. The van der Waals surface area contributed by atoms with Gasteiger partial charge < -0.3 is 5.11 Å². The molecule has 1 N–H and O–H groups in total. The molecule has 2 aromatic heterocycles. The van der Waals surface area contributed by atoms with E-state index >= 15 is 0 Å². The van der Waals surface area contributed by atoms with Crippen LogP contribution >= 0.6 is 0 Å². The summed E-state index contributed by atoms with van der Waals surface area (Å²) in [7, 11) is 0. The van der Waals surface area contributed by atoms with Crippen LogP contribution in [-0.4, -0.2) is 21.4 Å². The molecule has 10 heteroatoms. The van der Waals surface area contributed by atoms with Crippen molar-refractivity contribution < 1.29 is 36.2 Å². The molecule has 0 aliphatic rings. The Hall–Kier alpha value is -3.01. The lowest BCUT2D eigenvalue weighted by Gasteiger charge is -2.18. The average Bonchev–Trinajstić information content (AvgIpc) is 2.64. The Balaban J connectivity index is 2.29. The van der Waals surface area contributed by atoms with Crippen LogP contribution in [0.4, 0.5) is 26.3 Å². The van der Waals surface area contributed by atoms with Crippen molar-refractivity contribution in [3.8, 4) is 0 Å². The summed E-state index contributed by atoms with van der Waals surface area (Å²) >= 11 is 0. The lowest BCUT2D eigenvalue weighted by atomic mass is 9.97. The SMILES string of the molecule is O=Cc1ccc(C(O)c2cc(C(F)(F)F)nc3c(C(F)(F)F)cccc23)nc1. The number of fused-ring (bicyclic) bond motifs is 1. The van der Waals surface area contributed by atoms with Crippen LogP contribution in [0.3, 0.4) is 0 Å². The Morgan fingerprint density at radius 2 is 1.71 bits per heavy atom. The smallest absolute Gasteiger partial charge is 0.382 e. The third kappa shape index (κ3) is 3.68. The quantitative estimate of drug-likeness (QED) is 0.517. The molecule has 0 aliphatic carbocycles. The maximum Gasteiger partial charge on any atom is 0.433 e. The monoisotopic (exact) mass is 400 g/mol. The number of halogens is 6. The zero-order valence-corrected chi connectivity index (χ0v) is 13.7. The molecule has 0 fully saturated rings. The molecule has 0 saturated heterocycles. The van der Waals surface area contributed by atoms with Gasteiger partial charge in [-0.05, 0) is 29.8 Å². The van der Waals surface area contributed by atoms with E-state index in [1.807, 2.05) is 0 Å². The van der Waals surface area contributed by atoms with Crippen molar-refractivity contribution in [3.63, 3.8) is 0 Å². The summed E-state index contributed by atoms with van der Waals surface area (Å²) in [6.07, 6.45) is -10.2. The molecule has 146 valence electrons. The van der Waals surface area contributed by atoms with Crippen molar-refractivity contribution in [2.75, 3.05) is 0 Å². The Labute approximate surface area is 153 Å². The zero-order valence-electron chi connectivity index (χ0n) is 13.7. The summed E-state index contributed by atoms with van der Waals surface area (Å²) in [5, 5.41) is 10.2. The molecule has 1 unspecified atom stereocenters. The van der Waals surface area contributed by atoms with E-state index in [0.717, 1.165) is 18.3 Å². The van der Waals surface area contributed by atoms with Crippen LogP contribution < -0.4 is 0 Å². The number of hydrogen-bond donors (Lipinski definition) is 1.